The molecule has 0 aliphatic carbocycles. The molecule has 18 heavy (non-hydrogen) atoms. The number of nitrogens with two attached hydrogens (primary N) is 1. The summed E-state index contributed by atoms with van der Waals surface area (Å²) in [6, 6.07) is 10.6. The second kappa shape index (κ2) is 5.97. The molecule has 0 aromatic heterocycles. The van der Waals surface area contributed by atoms with Crippen LogP contribution in [-0.2, 0) is 0 Å². The molecule has 94 valence electrons. The average Bonchev–Trinajstić information content (AvgIpc) is 2.31. The molecule has 0 fully saturated rings. The van der Waals surface area contributed by atoms with Gasteiger partial charge in [0.05, 0.1) is 6.04 Å². The van der Waals surface area contributed by atoms with Crippen LogP contribution >= 0.6 is 57.4 Å². The van der Waals surface area contributed by atoms with Gasteiger partial charge in [-0.3, -0.25) is 0 Å². The van der Waals surface area contributed by atoms with Gasteiger partial charge in [0.2, 0.25) is 0 Å². The number of benzene rings is 2. The van der Waals surface area contributed by atoms with Crippen LogP contribution in [-0.4, -0.2) is 0 Å². The van der Waals surface area contributed by atoms with Crippen LogP contribution in [0.5, 0.6) is 0 Å². The highest BCUT2D eigenvalue weighted by atomic mass is 127. The summed E-state index contributed by atoms with van der Waals surface area (Å²) in [5.74, 6) is 0. The summed E-state index contributed by atoms with van der Waals surface area (Å²) in [6.45, 7) is 0. The van der Waals surface area contributed by atoms with Crippen LogP contribution in [0.2, 0.25) is 15.1 Å². The van der Waals surface area contributed by atoms with Gasteiger partial charge in [-0.25, -0.2) is 0 Å². The van der Waals surface area contributed by atoms with Crippen LogP contribution in [0.1, 0.15) is 17.2 Å². The lowest BCUT2D eigenvalue weighted by atomic mass is 10.00. The van der Waals surface area contributed by atoms with Crippen LogP contribution in [0.3, 0.4) is 0 Å². The van der Waals surface area contributed by atoms with Crippen LogP contribution in [0.15, 0.2) is 36.4 Å². The summed E-state index contributed by atoms with van der Waals surface area (Å²) in [4.78, 5) is 0. The maximum atomic E-state index is 6.25. The fourth-order valence-corrected chi connectivity index (χ4v) is 3.05. The van der Waals surface area contributed by atoms with Crippen molar-refractivity contribution in [1.29, 1.82) is 0 Å². The van der Waals surface area contributed by atoms with Crippen LogP contribution in [0.4, 0.5) is 0 Å². The standard InChI is InChI=1S/C13H9Cl3IN/c14-7-2-4-12(17)10(5-7)13(18)9-3-1-8(15)6-11(9)16/h1-6,13H,18H2. The topological polar surface area (TPSA) is 26.0 Å². The molecule has 0 aliphatic rings. The zero-order valence-corrected chi connectivity index (χ0v) is 13.6. The van der Waals surface area contributed by atoms with Crippen molar-refractivity contribution in [2.45, 2.75) is 6.04 Å². The van der Waals surface area contributed by atoms with Gasteiger partial charge < -0.3 is 5.73 Å². The Morgan fingerprint density at radius 3 is 2.17 bits per heavy atom. The molecule has 0 radical (unpaired) electrons. The molecule has 0 bridgehead atoms. The van der Waals surface area contributed by atoms with E-state index >= 15 is 0 Å². The van der Waals surface area contributed by atoms with Gasteiger partial charge in [0, 0.05) is 18.6 Å². The van der Waals surface area contributed by atoms with E-state index in [1.165, 1.54) is 0 Å². The number of halogens is 4. The zero-order chi connectivity index (χ0) is 13.3. The molecule has 0 spiro atoms. The van der Waals surface area contributed by atoms with E-state index in [1.807, 2.05) is 24.3 Å². The number of hydrogen-bond donors (Lipinski definition) is 1. The Labute approximate surface area is 134 Å². The first-order chi connectivity index (χ1) is 8.49. The highest BCUT2D eigenvalue weighted by Gasteiger charge is 2.15. The molecule has 1 nitrogen and oxygen atoms in total. The fourth-order valence-electron chi connectivity index (χ4n) is 1.67. The van der Waals surface area contributed by atoms with Crippen molar-refractivity contribution in [3.63, 3.8) is 0 Å². The van der Waals surface area contributed by atoms with E-state index in [9.17, 15) is 0 Å². The van der Waals surface area contributed by atoms with Gasteiger partial charge in [0.15, 0.2) is 0 Å². The Kier molecular flexibility index (Phi) is 4.78. The second-order valence-electron chi connectivity index (χ2n) is 3.81. The Morgan fingerprint density at radius 1 is 0.889 bits per heavy atom. The molecule has 2 rings (SSSR count). The van der Waals surface area contributed by atoms with Crippen LogP contribution in [0.25, 0.3) is 0 Å². The third-order valence-electron chi connectivity index (χ3n) is 2.59. The largest absolute Gasteiger partial charge is 0.320 e. The lowest BCUT2D eigenvalue weighted by Gasteiger charge is -2.16. The molecule has 0 heterocycles. The molecular formula is C13H9Cl3IN. The maximum Gasteiger partial charge on any atom is 0.0577 e. The summed E-state index contributed by atoms with van der Waals surface area (Å²) in [7, 11) is 0. The summed E-state index contributed by atoms with van der Waals surface area (Å²) in [5.41, 5.74) is 8.03. The first-order valence-corrected chi connectivity index (χ1v) is 7.36. The van der Waals surface area contributed by atoms with Gasteiger partial charge in [-0.15, -0.1) is 0 Å². The van der Waals surface area contributed by atoms with Gasteiger partial charge in [0.1, 0.15) is 0 Å². The molecule has 2 aromatic rings. The maximum absolute atomic E-state index is 6.25. The third kappa shape index (κ3) is 3.11. The summed E-state index contributed by atoms with van der Waals surface area (Å²) in [5, 5.41) is 1.81. The number of hydrogen-bond acceptors (Lipinski definition) is 1. The molecule has 0 saturated carbocycles. The molecule has 2 aromatic carbocycles. The minimum absolute atomic E-state index is 0.319. The van der Waals surface area contributed by atoms with Gasteiger partial charge in [0.25, 0.3) is 0 Å². The summed E-state index contributed by atoms with van der Waals surface area (Å²) >= 11 is 20.3. The molecule has 0 saturated heterocycles. The van der Waals surface area contributed by atoms with Crippen molar-refractivity contribution < 1.29 is 0 Å². The van der Waals surface area contributed by atoms with Crippen molar-refractivity contribution in [2.75, 3.05) is 0 Å². The molecule has 5 heteroatoms. The van der Waals surface area contributed by atoms with Crippen molar-refractivity contribution in [2.24, 2.45) is 5.73 Å². The first kappa shape index (κ1) is 14.4. The normalized spacial score (nSPS) is 12.5. The number of rotatable bonds is 2. The van der Waals surface area contributed by atoms with E-state index in [4.69, 9.17) is 40.5 Å². The summed E-state index contributed by atoms with van der Waals surface area (Å²) < 4.78 is 1.05. The van der Waals surface area contributed by atoms with Crippen molar-refractivity contribution in [3.05, 3.63) is 66.2 Å². The Balaban J connectivity index is 2.47. The highest BCUT2D eigenvalue weighted by Crippen LogP contribution is 2.32. The minimum Gasteiger partial charge on any atom is -0.320 e. The lowest BCUT2D eigenvalue weighted by molar-refractivity contribution is 0.865. The minimum atomic E-state index is -0.319. The van der Waals surface area contributed by atoms with Gasteiger partial charge >= 0.3 is 0 Å². The van der Waals surface area contributed by atoms with Gasteiger partial charge in [-0.05, 0) is 64.0 Å². The lowest BCUT2D eigenvalue weighted by Crippen LogP contribution is -2.13. The van der Waals surface area contributed by atoms with Crippen LogP contribution in [0, 0.1) is 3.57 Å². The molecule has 2 N–H and O–H groups in total. The molecule has 0 aliphatic heterocycles. The third-order valence-corrected chi connectivity index (χ3v) is 4.37. The predicted octanol–water partition coefficient (Wildman–Crippen LogP) is 5.30. The monoisotopic (exact) mass is 411 g/mol. The van der Waals surface area contributed by atoms with Gasteiger partial charge in [-0.2, -0.15) is 0 Å². The summed E-state index contributed by atoms with van der Waals surface area (Å²) in [6.07, 6.45) is 0. The van der Waals surface area contributed by atoms with E-state index in [1.54, 1.807) is 12.1 Å². The first-order valence-electron chi connectivity index (χ1n) is 5.14. The Morgan fingerprint density at radius 2 is 1.50 bits per heavy atom. The second-order valence-corrected chi connectivity index (χ2v) is 6.25. The molecule has 1 atom stereocenters. The fraction of sp³-hybridized carbons (Fsp3) is 0.0769. The van der Waals surface area contributed by atoms with Crippen molar-refractivity contribution in [1.82, 2.24) is 0 Å². The van der Waals surface area contributed by atoms with E-state index in [-0.39, 0.29) is 6.04 Å². The Bertz CT molecular complexity index is 586. The quantitative estimate of drug-likeness (QED) is 0.666. The van der Waals surface area contributed by atoms with Crippen LogP contribution < -0.4 is 5.73 Å². The average molecular weight is 412 g/mol. The van der Waals surface area contributed by atoms with E-state index in [0.717, 1.165) is 14.7 Å². The predicted molar refractivity (Wildman–Crippen MR) is 86.7 cm³/mol. The highest BCUT2D eigenvalue weighted by molar-refractivity contribution is 14.1. The SMILES string of the molecule is NC(c1ccc(Cl)cc1Cl)c1cc(Cl)ccc1I. The van der Waals surface area contributed by atoms with Gasteiger partial charge in [-0.1, -0.05) is 40.9 Å². The molecule has 1 unspecified atom stereocenters. The van der Waals surface area contributed by atoms with E-state index in [0.29, 0.717) is 15.1 Å². The van der Waals surface area contributed by atoms with E-state index < -0.39 is 0 Å². The van der Waals surface area contributed by atoms with Crippen molar-refractivity contribution >= 4 is 57.4 Å². The molecule has 0 amide bonds. The molecular weight excluding hydrogens is 403 g/mol. The zero-order valence-electron chi connectivity index (χ0n) is 9.13. The smallest absolute Gasteiger partial charge is 0.0577 e. The van der Waals surface area contributed by atoms with E-state index in [2.05, 4.69) is 22.6 Å². The van der Waals surface area contributed by atoms with Crippen molar-refractivity contribution in [3.8, 4) is 0 Å². The Hall–Kier alpha value is -0.000000000000000111.